The standard InChI is InChI=1S/C22H29N3O4/c1-3-24-11-5-4-6-18(24)14(2)29-16-7-8-17-15(12-16)13-25(22(17)28)19-9-10-20(26)23-21(19)27/h7-8,12,14,18-19H,3-6,9-11,13H2,1-2H3,(H,23,26,27)/t14-,18-,19?/m1/s1. The van der Waals surface area contributed by atoms with Crippen molar-refractivity contribution in [3.05, 3.63) is 29.3 Å². The lowest BCUT2D eigenvalue weighted by molar-refractivity contribution is -0.136. The lowest BCUT2D eigenvalue weighted by atomic mass is 9.98. The highest BCUT2D eigenvalue weighted by molar-refractivity contribution is 6.05. The third-order valence-corrected chi connectivity index (χ3v) is 6.43. The predicted octanol–water partition coefficient (Wildman–Crippen LogP) is 2.09. The first kappa shape index (κ1) is 19.9. The van der Waals surface area contributed by atoms with Gasteiger partial charge in [0.05, 0.1) is 0 Å². The normalized spacial score (nSPS) is 26.3. The van der Waals surface area contributed by atoms with Crippen molar-refractivity contribution in [3.63, 3.8) is 0 Å². The quantitative estimate of drug-likeness (QED) is 0.767. The van der Waals surface area contributed by atoms with Crippen LogP contribution in [0, 0.1) is 0 Å². The summed E-state index contributed by atoms with van der Waals surface area (Å²) < 4.78 is 6.27. The zero-order valence-electron chi connectivity index (χ0n) is 17.1. The van der Waals surface area contributed by atoms with Gasteiger partial charge in [0.2, 0.25) is 11.8 Å². The second-order valence-corrected chi connectivity index (χ2v) is 8.23. The van der Waals surface area contributed by atoms with Crippen LogP contribution in [-0.2, 0) is 16.1 Å². The summed E-state index contributed by atoms with van der Waals surface area (Å²) in [5, 5.41) is 2.34. The molecule has 3 atom stereocenters. The topological polar surface area (TPSA) is 79.0 Å². The average Bonchev–Trinajstić information content (AvgIpc) is 3.03. The summed E-state index contributed by atoms with van der Waals surface area (Å²) in [5.74, 6) is -0.0530. The molecule has 0 saturated carbocycles. The van der Waals surface area contributed by atoms with E-state index in [-0.39, 0.29) is 30.2 Å². The number of fused-ring (bicyclic) bond motifs is 1. The number of carbonyl (C=O) groups excluding carboxylic acids is 3. The Hall–Kier alpha value is -2.41. The van der Waals surface area contributed by atoms with Crippen LogP contribution in [0.3, 0.4) is 0 Å². The van der Waals surface area contributed by atoms with Crippen molar-refractivity contribution >= 4 is 17.7 Å². The van der Waals surface area contributed by atoms with Crippen molar-refractivity contribution < 1.29 is 19.1 Å². The number of imide groups is 1. The van der Waals surface area contributed by atoms with Gasteiger partial charge in [0.1, 0.15) is 17.9 Å². The van der Waals surface area contributed by atoms with Gasteiger partial charge in [-0.15, -0.1) is 0 Å². The number of ether oxygens (including phenoxy) is 1. The number of amides is 3. The smallest absolute Gasteiger partial charge is 0.255 e. The summed E-state index contributed by atoms with van der Waals surface area (Å²) in [6.07, 6.45) is 4.32. The Balaban J connectivity index is 1.46. The molecule has 2 saturated heterocycles. The van der Waals surface area contributed by atoms with Gasteiger partial charge in [-0.05, 0) is 63.0 Å². The van der Waals surface area contributed by atoms with Crippen molar-refractivity contribution in [1.29, 1.82) is 0 Å². The number of likely N-dealkylation sites (tertiary alicyclic amines) is 1. The maximum absolute atomic E-state index is 12.8. The molecular formula is C22H29N3O4. The van der Waals surface area contributed by atoms with Crippen LogP contribution in [0.2, 0.25) is 0 Å². The van der Waals surface area contributed by atoms with E-state index < -0.39 is 6.04 Å². The number of hydrogen-bond acceptors (Lipinski definition) is 5. The maximum Gasteiger partial charge on any atom is 0.255 e. The molecule has 2 fully saturated rings. The predicted molar refractivity (Wildman–Crippen MR) is 107 cm³/mol. The minimum absolute atomic E-state index is 0.0663. The molecule has 7 nitrogen and oxygen atoms in total. The summed E-state index contributed by atoms with van der Waals surface area (Å²) in [6.45, 7) is 6.82. The number of benzene rings is 1. The molecule has 0 radical (unpaired) electrons. The molecule has 7 heteroatoms. The van der Waals surface area contributed by atoms with Crippen LogP contribution >= 0.6 is 0 Å². The zero-order valence-corrected chi connectivity index (χ0v) is 17.1. The Labute approximate surface area is 171 Å². The molecule has 1 aromatic carbocycles. The van der Waals surface area contributed by atoms with Crippen molar-refractivity contribution in [2.45, 2.75) is 70.7 Å². The number of rotatable bonds is 5. The molecule has 3 amide bonds. The minimum atomic E-state index is -0.587. The van der Waals surface area contributed by atoms with Crippen LogP contribution < -0.4 is 10.1 Å². The summed E-state index contributed by atoms with van der Waals surface area (Å²) in [7, 11) is 0. The van der Waals surface area contributed by atoms with E-state index in [0.717, 1.165) is 30.8 Å². The van der Waals surface area contributed by atoms with Gasteiger partial charge in [-0.1, -0.05) is 13.3 Å². The van der Waals surface area contributed by atoms with Gasteiger partial charge in [-0.2, -0.15) is 0 Å². The van der Waals surface area contributed by atoms with Gasteiger partial charge in [0, 0.05) is 24.6 Å². The zero-order chi connectivity index (χ0) is 20.5. The van der Waals surface area contributed by atoms with Gasteiger partial charge < -0.3 is 9.64 Å². The van der Waals surface area contributed by atoms with E-state index >= 15 is 0 Å². The van der Waals surface area contributed by atoms with Crippen molar-refractivity contribution in [3.8, 4) is 5.75 Å². The van der Waals surface area contributed by atoms with Crippen LogP contribution in [0.4, 0.5) is 0 Å². The van der Waals surface area contributed by atoms with Gasteiger partial charge in [0.15, 0.2) is 0 Å². The summed E-state index contributed by atoms with van der Waals surface area (Å²) >= 11 is 0. The second-order valence-electron chi connectivity index (χ2n) is 8.23. The first-order valence-electron chi connectivity index (χ1n) is 10.7. The lowest BCUT2D eigenvalue weighted by Gasteiger charge is -2.38. The van der Waals surface area contributed by atoms with E-state index in [0.29, 0.717) is 24.6 Å². The molecular weight excluding hydrogens is 370 g/mol. The van der Waals surface area contributed by atoms with Gasteiger partial charge in [-0.3, -0.25) is 24.6 Å². The maximum atomic E-state index is 12.8. The lowest BCUT2D eigenvalue weighted by Crippen LogP contribution is -2.52. The molecule has 4 rings (SSSR count). The van der Waals surface area contributed by atoms with E-state index in [1.165, 1.54) is 12.8 Å². The van der Waals surface area contributed by atoms with Crippen LogP contribution in [0.1, 0.15) is 61.9 Å². The first-order chi connectivity index (χ1) is 14.0. The molecule has 0 spiro atoms. The molecule has 0 aromatic heterocycles. The van der Waals surface area contributed by atoms with Crippen LogP contribution in [0.5, 0.6) is 5.75 Å². The molecule has 1 unspecified atom stereocenters. The molecule has 1 aromatic rings. The van der Waals surface area contributed by atoms with Crippen LogP contribution in [0.15, 0.2) is 18.2 Å². The third-order valence-electron chi connectivity index (χ3n) is 6.43. The van der Waals surface area contributed by atoms with Gasteiger partial charge in [0.25, 0.3) is 5.91 Å². The Morgan fingerprint density at radius 3 is 2.79 bits per heavy atom. The van der Waals surface area contributed by atoms with Gasteiger partial charge in [-0.25, -0.2) is 0 Å². The number of likely N-dealkylation sites (N-methyl/N-ethyl adjacent to an activating group) is 1. The second kappa shape index (κ2) is 8.14. The Bertz CT molecular complexity index is 824. The van der Waals surface area contributed by atoms with Crippen LogP contribution in [-0.4, -0.2) is 58.8 Å². The number of nitrogens with one attached hydrogen (secondary N) is 1. The SMILES string of the molecule is CCN1CCCC[C@@H]1[C@@H](C)Oc1ccc2c(c1)CN(C1CCC(=O)NC1=O)C2=O. The largest absolute Gasteiger partial charge is 0.489 e. The van der Waals surface area contributed by atoms with E-state index in [1.54, 1.807) is 11.0 Å². The van der Waals surface area contributed by atoms with Crippen LogP contribution in [0.25, 0.3) is 0 Å². The van der Waals surface area contributed by atoms with E-state index in [1.807, 2.05) is 12.1 Å². The van der Waals surface area contributed by atoms with E-state index in [2.05, 4.69) is 24.1 Å². The molecule has 0 aliphatic carbocycles. The summed E-state index contributed by atoms with van der Waals surface area (Å²) in [6, 6.07) is 5.39. The fourth-order valence-electron chi connectivity index (χ4n) is 4.86. The Morgan fingerprint density at radius 1 is 1.21 bits per heavy atom. The average molecular weight is 399 g/mol. The highest BCUT2D eigenvalue weighted by Crippen LogP contribution is 2.31. The Morgan fingerprint density at radius 2 is 2.03 bits per heavy atom. The van der Waals surface area contributed by atoms with Crippen molar-refractivity contribution in [1.82, 2.24) is 15.1 Å². The molecule has 3 aliphatic heterocycles. The summed E-state index contributed by atoms with van der Waals surface area (Å²) in [5.41, 5.74) is 1.49. The number of hydrogen-bond donors (Lipinski definition) is 1. The molecule has 1 N–H and O–H groups in total. The molecule has 0 bridgehead atoms. The monoisotopic (exact) mass is 399 g/mol. The van der Waals surface area contributed by atoms with E-state index in [4.69, 9.17) is 4.74 Å². The van der Waals surface area contributed by atoms with E-state index in [9.17, 15) is 14.4 Å². The number of nitrogens with zero attached hydrogens (tertiary/aromatic N) is 2. The van der Waals surface area contributed by atoms with Crippen molar-refractivity contribution in [2.24, 2.45) is 0 Å². The van der Waals surface area contributed by atoms with Crippen molar-refractivity contribution in [2.75, 3.05) is 13.1 Å². The minimum Gasteiger partial charge on any atom is -0.489 e. The number of piperidine rings is 2. The molecule has 156 valence electrons. The number of carbonyl (C=O) groups is 3. The fraction of sp³-hybridized carbons (Fsp3) is 0.591. The molecule has 29 heavy (non-hydrogen) atoms. The third kappa shape index (κ3) is 3.88. The first-order valence-corrected chi connectivity index (χ1v) is 10.7. The van der Waals surface area contributed by atoms with Gasteiger partial charge >= 0.3 is 0 Å². The highest BCUT2D eigenvalue weighted by atomic mass is 16.5. The Kier molecular flexibility index (Phi) is 5.58. The molecule has 3 heterocycles. The molecule has 3 aliphatic rings. The highest BCUT2D eigenvalue weighted by Gasteiger charge is 2.39. The fourth-order valence-corrected chi connectivity index (χ4v) is 4.86. The summed E-state index contributed by atoms with van der Waals surface area (Å²) in [4.78, 5) is 40.4.